The van der Waals surface area contributed by atoms with E-state index in [0.29, 0.717) is 6.54 Å². The van der Waals surface area contributed by atoms with Gasteiger partial charge in [-0.3, -0.25) is 10.1 Å². The summed E-state index contributed by atoms with van der Waals surface area (Å²) < 4.78 is 0. The van der Waals surface area contributed by atoms with Gasteiger partial charge in [-0.05, 0) is 0 Å². The second kappa shape index (κ2) is 3.27. The van der Waals surface area contributed by atoms with Crippen LogP contribution >= 0.6 is 15.9 Å². The Morgan fingerprint density at radius 1 is 1.60 bits per heavy atom. The van der Waals surface area contributed by atoms with E-state index in [0.717, 1.165) is 6.54 Å². The Balaban J connectivity index is 2.39. The van der Waals surface area contributed by atoms with Crippen molar-refractivity contribution >= 4 is 15.9 Å². The molecule has 10 heavy (non-hydrogen) atoms. The van der Waals surface area contributed by atoms with Crippen molar-refractivity contribution in [3.8, 4) is 0 Å². The molecule has 0 aromatic carbocycles. The van der Waals surface area contributed by atoms with Crippen LogP contribution in [-0.4, -0.2) is 29.1 Å². The maximum atomic E-state index is 10.2. The van der Waals surface area contributed by atoms with E-state index in [2.05, 4.69) is 26.6 Å². The lowest BCUT2D eigenvalue weighted by atomic mass is 10.4. The molecule has 0 saturated carbocycles. The third kappa shape index (κ3) is 1.89. The van der Waals surface area contributed by atoms with Gasteiger partial charge in [0.1, 0.15) is 0 Å². The summed E-state index contributed by atoms with van der Waals surface area (Å²) in [5.41, 5.74) is 0. The van der Waals surface area contributed by atoms with E-state index < -0.39 is 6.17 Å². The number of alkyl halides is 1. The van der Waals surface area contributed by atoms with Gasteiger partial charge >= 0.3 is 0 Å². The van der Waals surface area contributed by atoms with E-state index in [-0.39, 0.29) is 9.87 Å². The molecule has 0 aromatic rings. The predicted octanol–water partition coefficient (Wildman–Crippen LogP) is -0.497. The van der Waals surface area contributed by atoms with Crippen LogP contribution in [0.15, 0.2) is 0 Å². The van der Waals surface area contributed by atoms with E-state index in [4.69, 9.17) is 0 Å². The molecule has 0 amide bonds. The van der Waals surface area contributed by atoms with Crippen LogP contribution in [-0.2, 0) is 0 Å². The van der Waals surface area contributed by atoms with Crippen LogP contribution in [0.2, 0.25) is 0 Å². The average molecular weight is 210 g/mol. The van der Waals surface area contributed by atoms with E-state index in [9.17, 15) is 10.1 Å². The van der Waals surface area contributed by atoms with Gasteiger partial charge in [0, 0.05) is 11.5 Å². The zero-order chi connectivity index (χ0) is 7.56. The average Bonchev–Trinajstić information content (AvgIpc) is 1.88. The molecule has 1 aliphatic heterocycles. The first-order valence-electron chi connectivity index (χ1n) is 2.94. The standard InChI is InChI=1S/C4H8BrN3O2/c5-3-1-6-2-4(7-3)8(9)10/h3-4,6-7H,1-2H2. The highest BCUT2D eigenvalue weighted by Crippen LogP contribution is 2.00. The highest BCUT2D eigenvalue weighted by atomic mass is 79.9. The summed E-state index contributed by atoms with van der Waals surface area (Å²) in [5.74, 6) is 0. The second-order valence-corrected chi connectivity index (χ2v) is 3.20. The Bertz CT molecular complexity index is 142. The summed E-state index contributed by atoms with van der Waals surface area (Å²) in [5, 5.41) is 15.9. The number of nitrogens with one attached hydrogen (secondary N) is 2. The van der Waals surface area contributed by atoms with Crippen molar-refractivity contribution in [2.24, 2.45) is 0 Å². The fourth-order valence-corrected chi connectivity index (χ4v) is 1.34. The molecular weight excluding hydrogens is 202 g/mol. The van der Waals surface area contributed by atoms with E-state index in [1.54, 1.807) is 0 Å². The molecule has 1 rings (SSSR count). The first-order valence-corrected chi connectivity index (χ1v) is 3.86. The third-order valence-electron chi connectivity index (χ3n) is 1.29. The van der Waals surface area contributed by atoms with Gasteiger partial charge in [-0.25, -0.2) is 5.32 Å². The lowest BCUT2D eigenvalue weighted by molar-refractivity contribution is -0.529. The molecule has 1 saturated heterocycles. The monoisotopic (exact) mass is 209 g/mol. The molecule has 1 heterocycles. The van der Waals surface area contributed by atoms with Crippen LogP contribution in [0.25, 0.3) is 0 Å². The van der Waals surface area contributed by atoms with Gasteiger partial charge in [0.15, 0.2) is 0 Å². The van der Waals surface area contributed by atoms with Gasteiger partial charge in [-0.2, -0.15) is 0 Å². The zero-order valence-corrected chi connectivity index (χ0v) is 6.80. The largest absolute Gasteiger partial charge is 0.307 e. The number of rotatable bonds is 1. The summed E-state index contributed by atoms with van der Waals surface area (Å²) in [4.78, 5) is 9.86. The van der Waals surface area contributed by atoms with Crippen molar-refractivity contribution in [1.29, 1.82) is 0 Å². The highest BCUT2D eigenvalue weighted by molar-refractivity contribution is 9.09. The molecule has 0 radical (unpaired) electrons. The molecule has 2 N–H and O–H groups in total. The smallest absolute Gasteiger partial charge is 0.279 e. The molecule has 5 nitrogen and oxygen atoms in total. The zero-order valence-electron chi connectivity index (χ0n) is 5.21. The van der Waals surface area contributed by atoms with Crippen molar-refractivity contribution in [1.82, 2.24) is 10.6 Å². The van der Waals surface area contributed by atoms with Crippen LogP contribution in [0.4, 0.5) is 0 Å². The Kier molecular flexibility index (Phi) is 2.58. The van der Waals surface area contributed by atoms with Crippen LogP contribution in [0, 0.1) is 10.1 Å². The number of piperazine rings is 1. The molecule has 1 fully saturated rings. The number of nitro groups is 1. The van der Waals surface area contributed by atoms with Crippen LogP contribution < -0.4 is 10.6 Å². The molecule has 0 aromatic heterocycles. The van der Waals surface area contributed by atoms with Crippen molar-refractivity contribution in [2.45, 2.75) is 11.1 Å². The van der Waals surface area contributed by atoms with Gasteiger partial charge in [-0.1, -0.05) is 15.9 Å². The number of halogens is 1. The molecule has 2 unspecified atom stereocenters. The van der Waals surface area contributed by atoms with Gasteiger partial charge in [0.2, 0.25) is 0 Å². The topological polar surface area (TPSA) is 67.2 Å². The fraction of sp³-hybridized carbons (Fsp3) is 1.00. The summed E-state index contributed by atoms with van der Waals surface area (Å²) in [6.07, 6.45) is -0.655. The summed E-state index contributed by atoms with van der Waals surface area (Å²) >= 11 is 3.22. The molecule has 0 aliphatic carbocycles. The second-order valence-electron chi connectivity index (χ2n) is 2.09. The lowest BCUT2D eigenvalue weighted by Gasteiger charge is -2.22. The normalized spacial score (nSPS) is 33.7. The highest BCUT2D eigenvalue weighted by Gasteiger charge is 2.26. The maximum Gasteiger partial charge on any atom is 0.279 e. The molecule has 2 atom stereocenters. The Morgan fingerprint density at radius 2 is 2.30 bits per heavy atom. The minimum Gasteiger partial charge on any atom is -0.307 e. The van der Waals surface area contributed by atoms with Gasteiger partial charge in [0.05, 0.1) is 11.5 Å². The van der Waals surface area contributed by atoms with Crippen molar-refractivity contribution < 1.29 is 4.92 Å². The van der Waals surface area contributed by atoms with Gasteiger partial charge in [0.25, 0.3) is 6.17 Å². The lowest BCUT2D eigenvalue weighted by Crippen LogP contribution is -2.55. The van der Waals surface area contributed by atoms with Crippen LogP contribution in [0.5, 0.6) is 0 Å². The fourth-order valence-electron chi connectivity index (χ4n) is 0.809. The molecule has 1 aliphatic rings. The molecule has 58 valence electrons. The minimum atomic E-state index is -0.655. The number of nitrogens with zero attached hydrogens (tertiary/aromatic N) is 1. The molecule has 0 spiro atoms. The first kappa shape index (κ1) is 7.90. The first-order chi connectivity index (χ1) is 4.70. The third-order valence-corrected chi connectivity index (χ3v) is 1.88. The number of hydrogen-bond donors (Lipinski definition) is 2. The molecule has 0 bridgehead atoms. The van der Waals surface area contributed by atoms with Crippen LogP contribution in [0.1, 0.15) is 0 Å². The summed E-state index contributed by atoms with van der Waals surface area (Å²) in [7, 11) is 0. The summed E-state index contributed by atoms with van der Waals surface area (Å²) in [6.45, 7) is 1.12. The van der Waals surface area contributed by atoms with E-state index in [1.165, 1.54) is 0 Å². The Labute approximate surface area is 66.4 Å². The molecular formula is C4H8BrN3O2. The predicted molar refractivity (Wildman–Crippen MR) is 39.5 cm³/mol. The quantitative estimate of drug-likeness (QED) is 0.265. The maximum absolute atomic E-state index is 10.2. The van der Waals surface area contributed by atoms with Crippen molar-refractivity contribution in [2.75, 3.05) is 13.1 Å². The Hall–Kier alpha value is -0.200. The van der Waals surface area contributed by atoms with E-state index in [1.807, 2.05) is 0 Å². The minimum absolute atomic E-state index is 0.0108. The van der Waals surface area contributed by atoms with Crippen molar-refractivity contribution in [3.63, 3.8) is 0 Å². The van der Waals surface area contributed by atoms with E-state index >= 15 is 0 Å². The van der Waals surface area contributed by atoms with Gasteiger partial charge < -0.3 is 5.32 Å². The van der Waals surface area contributed by atoms with Crippen LogP contribution in [0.3, 0.4) is 0 Å². The Morgan fingerprint density at radius 3 is 2.70 bits per heavy atom. The molecule has 6 heteroatoms. The van der Waals surface area contributed by atoms with Gasteiger partial charge in [-0.15, -0.1) is 0 Å². The SMILES string of the molecule is O=[N+]([O-])C1CNCC(Br)N1. The number of hydrogen-bond acceptors (Lipinski definition) is 4. The van der Waals surface area contributed by atoms with Crippen molar-refractivity contribution in [3.05, 3.63) is 10.1 Å². The summed E-state index contributed by atoms with van der Waals surface area (Å²) in [6, 6.07) is 0.